The van der Waals surface area contributed by atoms with Crippen molar-refractivity contribution in [3.63, 3.8) is 0 Å². The SMILES string of the molecule is Cn1c(=O)oc2cc(S(=O)(=O)N3CCC(CC(=O)N4CCC5(CC4)OCCO5)CC3)ccc21. The number of aryl methyl sites for hydroxylation is 1. The van der Waals surface area contributed by atoms with Crippen molar-refractivity contribution < 1.29 is 27.1 Å². The Balaban J connectivity index is 1.17. The lowest BCUT2D eigenvalue weighted by atomic mass is 9.93. The molecule has 0 N–H and O–H groups in total. The van der Waals surface area contributed by atoms with Crippen LogP contribution >= 0.6 is 0 Å². The Morgan fingerprint density at radius 2 is 1.76 bits per heavy atom. The van der Waals surface area contributed by atoms with Crippen LogP contribution in [-0.4, -0.2) is 73.3 Å². The summed E-state index contributed by atoms with van der Waals surface area (Å²) in [5.41, 5.74) is 0.798. The Morgan fingerprint density at radius 1 is 1.09 bits per heavy atom. The Bertz CT molecular complexity index is 1190. The molecule has 0 radical (unpaired) electrons. The first-order valence-electron chi connectivity index (χ1n) is 11.4. The first-order valence-corrected chi connectivity index (χ1v) is 12.9. The minimum Gasteiger partial charge on any atom is -0.408 e. The lowest BCUT2D eigenvalue weighted by Crippen LogP contribution is -2.48. The van der Waals surface area contributed by atoms with E-state index in [0.717, 1.165) is 0 Å². The lowest BCUT2D eigenvalue weighted by molar-refractivity contribution is -0.187. The quantitative estimate of drug-likeness (QED) is 0.650. The third-order valence-corrected chi connectivity index (χ3v) is 9.02. The molecule has 3 aliphatic rings. The molecule has 0 atom stereocenters. The second-order valence-electron chi connectivity index (χ2n) is 9.10. The molecule has 3 saturated heterocycles. The van der Waals surface area contributed by atoms with E-state index in [0.29, 0.717) is 77.0 Å². The smallest absolute Gasteiger partial charge is 0.408 e. The van der Waals surface area contributed by atoms with Gasteiger partial charge >= 0.3 is 5.76 Å². The number of benzene rings is 1. The highest BCUT2D eigenvalue weighted by molar-refractivity contribution is 7.89. The molecule has 10 nitrogen and oxygen atoms in total. The molecule has 33 heavy (non-hydrogen) atoms. The highest BCUT2D eigenvalue weighted by Crippen LogP contribution is 2.32. The van der Waals surface area contributed by atoms with E-state index in [-0.39, 0.29) is 22.3 Å². The molecular weight excluding hydrogens is 450 g/mol. The van der Waals surface area contributed by atoms with Crippen LogP contribution in [0.5, 0.6) is 0 Å². The van der Waals surface area contributed by atoms with Crippen molar-refractivity contribution in [2.24, 2.45) is 13.0 Å². The number of fused-ring (bicyclic) bond motifs is 1. The van der Waals surface area contributed by atoms with Crippen molar-refractivity contribution in [1.82, 2.24) is 13.8 Å². The average Bonchev–Trinajstić information content (AvgIpc) is 3.38. The fraction of sp³-hybridized carbons (Fsp3) is 0.636. The third kappa shape index (κ3) is 4.23. The van der Waals surface area contributed by atoms with Gasteiger partial charge in [0.15, 0.2) is 11.4 Å². The lowest BCUT2D eigenvalue weighted by Gasteiger charge is -2.38. The van der Waals surface area contributed by atoms with Gasteiger partial charge in [-0.3, -0.25) is 9.36 Å². The minimum atomic E-state index is -3.70. The third-order valence-electron chi connectivity index (χ3n) is 7.13. The van der Waals surface area contributed by atoms with Gasteiger partial charge in [0.2, 0.25) is 15.9 Å². The van der Waals surface area contributed by atoms with Gasteiger partial charge in [0.1, 0.15) is 0 Å². The van der Waals surface area contributed by atoms with E-state index in [1.54, 1.807) is 13.1 Å². The van der Waals surface area contributed by atoms with Crippen molar-refractivity contribution in [1.29, 1.82) is 0 Å². The number of ether oxygens (including phenoxy) is 2. The summed E-state index contributed by atoms with van der Waals surface area (Å²) in [7, 11) is -2.13. The molecule has 5 rings (SSSR count). The molecule has 3 fully saturated rings. The highest BCUT2D eigenvalue weighted by atomic mass is 32.2. The summed E-state index contributed by atoms with van der Waals surface area (Å²) < 4.78 is 45.6. The van der Waals surface area contributed by atoms with Crippen molar-refractivity contribution in [2.75, 3.05) is 39.4 Å². The van der Waals surface area contributed by atoms with Crippen molar-refractivity contribution in [2.45, 2.75) is 42.8 Å². The van der Waals surface area contributed by atoms with Gasteiger partial charge in [0.25, 0.3) is 0 Å². The van der Waals surface area contributed by atoms with Gasteiger partial charge in [0, 0.05) is 58.6 Å². The Hall–Kier alpha value is -2.21. The predicted molar refractivity (Wildman–Crippen MR) is 118 cm³/mol. The van der Waals surface area contributed by atoms with Crippen LogP contribution in [0, 0.1) is 5.92 Å². The normalized spacial score (nSPS) is 22.4. The number of piperidine rings is 2. The van der Waals surface area contributed by atoms with Gasteiger partial charge in [-0.15, -0.1) is 0 Å². The molecular formula is C22H29N3O7S. The first kappa shape index (κ1) is 22.6. The summed E-state index contributed by atoms with van der Waals surface area (Å²) in [6.45, 7) is 3.21. The Labute approximate surface area is 192 Å². The number of carbonyl (C=O) groups excluding carboxylic acids is 1. The predicted octanol–water partition coefficient (Wildman–Crippen LogP) is 1.29. The zero-order chi connectivity index (χ0) is 23.2. The molecule has 11 heteroatoms. The Morgan fingerprint density at radius 3 is 2.42 bits per heavy atom. The molecule has 0 bridgehead atoms. The summed E-state index contributed by atoms with van der Waals surface area (Å²) >= 11 is 0. The molecule has 3 aliphatic heterocycles. The van der Waals surface area contributed by atoms with E-state index in [4.69, 9.17) is 13.9 Å². The van der Waals surface area contributed by atoms with Crippen molar-refractivity contribution in [3.8, 4) is 0 Å². The van der Waals surface area contributed by atoms with E-state index < -0.39 is 21.6 Å². The van der Waals surface area contributed by atoms with E-state index in [9.17, 15) is 18.0 Å². The summed E-state index contributed by atoms with van der Waals surface area (Å²) in [6.07, 6.45) is 3.10. The number of amides is 1. The molecule has 180 valence electrons. The summed E-state index contributed by atoms with van der Waals surface area (Å²) in [4.78, 5) is 26.5. The van der Waals surface area contributed by atoms with Gasteiger partial charge in [0.05, 0.1) is 23.6 Å². The molecule has 1 amide bonds. The fourth-order valence-electron chi connectivity index (χ4n) is 5.04. The molecule has 1 aromatic heterocycles. The molecule has 4 heterocycles. The topological polar surface area (TPSA) is 111 Å². The van der Waals surface area contributed by atoms with E-state index in [2.05, 4.69) is 0 Å². The van der Waals surface area contributed by atoms with Gasteiger partial charge in [-0.1, -0.05) is 0 Å². The number of likely N-dealkylation sites (tertiary alicyclic amines) is 1. The maximum absolute atomic E-state index is 13.1. The van der Waals surface area contributed by atoms with Crippen LogP contribution in [0.15, 0.2) is 32.3 Å². The van der Waals surface area contributed by atoms with Gasteiger partial charge in [-0.05, 0) is 30.9 Å². The molecule has 1 spiro atoms. The zero-order valence-corrected chi connectivity index (χ0v) is 19.5. The summed E-state index contributed by atoms with van der Waals surface area (Å²) in [6, 6.07) is 4.49. The molecule has 2 aromatic rings. The summed E-state index contributed by atoms with van der Waals surface area (Å²) in [5, 5.41) is 0. The Kier molecular flexibility index (Phi) is 5.84. The van der Waals surface area contributed by atoms with Gasteiger partial charge in [-0.25, -0.2) is 13.2 Å². The number of hydrogen-bond acceptors (Lipinski definition) is 7. The minimum absolute atomic E-state index is 0.109. The van der Waals surface area contributed by atoms with Gasteiger partial charge < -0.3 is 18.8 Å². The fourth-order valence-corrected chi connectivity index (χ4v) is 6.52. The maximum Gasteiger partial charge on any atom is 0.419 e. The van der Waals surface area contributed by atoms with Crippen LogP contribution < -0.4 is 5.76 Å². The largest absolute Gasteiger partial charge is 0.419 e. The number of carbonyl (C=O) groups is 1. The number of rotatable bonds is 4. The van der Waals surface area contributed by atoms with E-state index in [1.165, 1.54) is 21.0 Å². The van der Waals surface area contributed by atoms with E-state index in [1.807, 2.05) is 4.90 Å². The molecule has 0 unspecified atom stereocenters. The second-order valence-corrected chi connectivity index (χ2v) is 11.0. The number of hydrogen-bond donors (Lipinski definition) is 0. The van der Waals surface area contributed by atoms with Gasteiger partial charge in [-0.2, -0.15) is 4.31 Å². The van der Waals surface area contributed by atoms with Crippen LogP contribution in [-0.2, 0) is 31.3 Å². The number of oxazole rings is 1. The second kappa shape index (κ2) is 8.53. The standard InChI is InChI=1S/C22H29N3O7S/c1-23-18-3-2-17(15-19(18)32-21(23)27)33(28,29)25-8-4-16(5-9-25)14-20(26)24-10-6-22(7-11-24)30-12-13-31-22/h2-3,15-16H,4-14H2,1H3. The van der Waals surface area contributed by atoms with Crippen LogP contribution in [0.3, 0.4) is 0 Å². The monoisotopic (exact) mass is 479 g/mol. The van der Waals surface area contributed by atoms with Crippen LogP contribution in [0.4, 0.5) is 0 Å². The highest BCUT2D eigenvalue weighted by Gasteiger charge is 2.41. The summed E-state index contributed by atoms with van der Waals surface area (Å²) in [5.74, 6) is -0.749. The average molecular weight is 480 g/mol. The van der Waals surface area contributed by atoms with E-state index >= 15 is 0 Å². The first-order chi connectivity index (χ1) is 15.8. The number of nitrogens with zero attached hydrogens (tertiary/aromatic N) is 3. The number of sulfonamides is 1. The molecule has 1 aromatic carbocycles. The maximum atomic E-state index is 13.1. The molecule has 0 saturated carbocycles. The number of aromatic nitrogens is 1. The molecule has 0 aliphatic carbocycles. The zero-order valence-electron chi connectivity index (χ0n) is 18.7. The van der Waals surface area contributed by atoms with Crippen LogP contribution in [0.1, 0.15) is 32.1 Å². The van der Waals surface area contributed by atoms with Crippen LogP contribution in [0.2, 0.25) is 0 Å². The van der Waals surface area contributed by atoms with Crippen LogP contribution in [0.25, 0.3) is 11.1 Å². The van der Waals surface area contributed by atoms with Crippen molar-refractivity contribution >= 4 is 27.0 Å². The van der Waals surface area contributed by atoms with Crippen molar-refractivity contribution in [3.05, 3.63) is 28.7 Å².